The second-order valence-corrected chi connectivity index (χ2v) is 3.59. The highest BCUT2D eigenvalue weighted by atomic mass is 16.5. The van der Waals surface area contributed by atoms with Gasteiger partial charge in [-0.15, -0.1) is 0 Å². The number of rotatable bonds is 1. The Balaban J connectivity index is 2.72. The van der Waals surface area contributed by atoms with Gasteiger partial charge in [0.15, 0.2) is 0 Å². The van der Waals surface area contributed by atoms with E-state index in [-0.39, 0.29) is 11.9 Å². The Morgan fingerprint density at radius 2 is 2.00 bits per heavy atom. The maximum Gasteiger partial charge on any atom is 0.309 e. The van der Waals surface area contributed by atoms with Crippen LogP contribution in [0.1, 0.15) is 33.1 Å². The van der Waals surface area contributed by atoms with Crippen LogP contribution in [0.3, 0.4) is 0 Å². The molecule has 1 rings (SSSR count). The molecule has 1 unspecified atom stereocenters. The van der Waals surface area contributed by atoms with Gasteiger partial charge in [0.05, 0.1) is 13.0 Å². The van der Waals surface area contributed by atoms with Crippen LogP contribution in [0, 0.1) is 5.92 Å². The van der Waals surface area contributed by atoms with E-state index in [1.54, 1.807) is 0 Å². The summed E-state index contributed by atoms with van der Waals surface area (Å²) in [6.07, 6.45) is 7.00. The standard InChI is InChI=1S/C12H18O2/c1-4-9-6-7-11(12(13)14-3)8-10(9)5-2/h4-5,11H,6-8H2,1-3H3/b9-4-,10-5-. The molecule has 0 bridgehead atoms. The van der Waals surface area contributed by atoms with Crippen molar-refractivity contribution in [3.63, 3.8) is 0 Å². The number of hydrogen-bond acceptors (Lipinski definition) is 2. The molecular formula is C12H18O2. The molecule has 2 heteroatoms. The maximum atomic E-state index is 11.4. The second kappa shape index (κ2) is 4.99. The minimum atomic E-state index is -0.0699. The first kappa shape index (κ1) is 11.0. The first-order valence-corrected chi connectivity index (χ1v) is 5.11. The highest BCUT2D eigenvalue weighted by Crippen LogP contribution is 2.33. The van der Waals surface area contributed by atoms with E-state index in [0.29, 0.717) is 0 Å². The Morgan fingerprint density at radius 1 is 1.36 bits per heavy atom. The van der Waals surface area contributed by atoms with Crippen molar-refractivity contribution in [3.8, 4) is 0 Å². The van der Waals surface area contributed by atoms with Crippen molar-refractivity contribution in [2.45, 2.75) is 33.1 Å². The average Bonchev–Trinajstić information content (AvgIpc) is 2.26. The Bertz CT molecular complexity index is 274. The second-order valence-electron chi connectivity index (χ2n) is 3.59. The monoisotopic (exact) mass is 194 g/mol. The SMILES string of the molecule is C/C=C1/CCC(C(=O)OC)C/C1=C/C. The molecule has 14 heavy (non-hydrogen) atoms. The summed E-state index contributed by atoms with van der Waals surface area (Å²) in [7, 11) is 1.46. The van der Waals surface area contributed by atoms with E-state index in [9.17, 15) is 4.79 Å². The maximum absolute atomic E-state index is 11.4. The average molecular weight is 194 g/mol. The van der Waals surface area contributed by atoms with Crippen molar-refractivity contribution >= 4 is 5.97 Å². The fourth-order valence-electron chi connectivity index (χ4n) is 1.99. The van der Waals surface area contributed by atoms with E-state index in [2.05, 4.69) is 19.1 Å². The topological polar surface area (TPSA) is 26.3 Å². The summed E-state index contributed by atoms with van der Waals surface area (Å²) >= 11 is 0. The molecule has 0 heterocycles. The number of esters is 1. The molecular weight excluding hydrogens is 176 g/mol. The summed E-state index contributed by atoms with van der Waals surface area (Å²) in [5.74, 6) is -0.00518. The zero-order chi connectivity index (χ0) is 10.6. The van der Waals surface area contributed by atoms with Gasteiger partial charge in [-0.05, 0) is 44.3 Å². The van der Waals surface area contributed by atoms with Gasteiger partial charge in [0.2, 0.25) is 0 Å². The molecule has 0 aromatic carbocycles. The first-order valence-electron chi connectivity index (χ1n) is 5.11. The van der Waals surface area contributed by atoms with Crippen LogP contribution in [0.2, 0.25) is 0 Å². The number of ether oxygens (including phenoxy) is 1. The van der Waals surface area contributed by atoms with E-state index < -0.39 is 0 Å². The molecule has 0 saturated heterocycles. The summed E-state index contributed by atoms with van der Waals surface area (Å²) in [6, 6.07) is 0. The van der Waals surface area contributed by atoms with Crippen molar-refractivity contribution in [1.29, 1.82) is 0 Å². The van der Waals surface area contributed by atoms with Crippen molar-refractivity contribution < 1.29 is 9.53 Å². The van der Waals surface area contributed by atoms with Crippen LogP contribution in [0.25, 0.3) is 0 Å². The van der Waals surface area contributed by atoms with Gasteiger partial charge in [-0.25, -0.2) is 0 Å². The van der Waals surface area contributed by atoms with Gasteiger partial charge in [0.25, 0.3) is 0 Å². The quantitative estimate of drug-likeness (QED) is 0.600. The Kier molecular flexibility index (Phi) is 3.93. The number of carbonyl (C=O) groups excluding carboxylic acids is 1. The lowest BCUT2D eigenvalue weighted by Crippen LogP contribution is -2.21. The van der Waals surface area contributed by atoms with Crippen molar-refractivity contribution in [1.82, 2.24) is 0 Å². The number of hydrogen-bond donors (Lipinski definition) is 0. The van der Waals surface area contributed by atoms with Gasteiger partial charge in [-0.1, -0.05) is 12.2 Å². The van der Waals surface area contributed by atoms with Gasteiger partial charge in [0.1, 0.15) is 0 Å². The third-order valence-corrected chi connectivity index (χ3v) is 2.87. The minimum absolute atomic E-state index is 0.0647. The smallest absolute Gasteiger partial charge is 0.309 e. The molecule has 1 fully saturated rings. The highest BCUT2D eigenvalue weighted by molar-refractivity contribution is 5.73. The summed E-state index contributed by atoms with van der Waals surface area (Å²) in [6.45, 7) is 4.08. The van der Waals surface area contributed by atoms with Gasteiger partial charge in [0, 0.05) is 0 Å². The molecule has 0 radical (unpaired) electrons. The Labute approximate surface area is 85.6 Å². The van der Waals surface area contributed by atoms with Crippen LogP contribution < -0.4 is 0 Å². The molecule has 1 saturated carbocycles. The highest BCUT2D eigenvalue weighted by Gasteiger charge is 2.26. The molecule has 0 aromatic rings. The summed E-state index contributed by atoms with van der Waals surface area (Å²) in [4.78, 5) is 11.4. The fourth-order valence-corrected chi connectivity index (χ4v) is 1.99. The largest absolute Gasteiger partial charge is 0.469 e. The molecule has 2 nitrogen and oxygen atoms in total. The van der Waals surface area contributed by atoms with Crippen molar-refractivity contribution in [2.24, 2.45) is 5.92 Å². The lowest BCUT2D eigenvalue weighted by molar-refractivity contribution is -0.145. The first-order chi connectivity index (χ1) is 6.72. The van der Waals surface area contributed by atoms with E-state index in [4.69, 9.17) is 4.74 Å². The molecule has 78 valence electrons. The molecule has 1 atom stereocenters. The van der Waals surface area contributed by atoms with Crippen molar-refractivity contribution in [3.05, 3.63) is 23.3 Å². The number of methoxy groups -OCH3 is 1. The Morgan fingerprint density at radius 3 is 2.50 bits per heavy atom. The minimum Gasteiger partial charge on any atom is -0.469 e. The Hall–Kier alpha value is -1.05. The lowest BCUT2D eigenvalue weighted by atomic mass is 9.82. The number of allylic oxidation sites excluding steroid dienone is 4. The fraction of sp³-hybridized carbons (Fsp3) is 0.583. The van der Waals surface area contributed by atoms with Crippen LogP contribution in [-0.4, -0.2) is 13.1 Å². The molecule has 1 aliphatic carbocycles. The molecule has 0 N–H and O–H groups in total. The van der Waals surface area contributed by atoms with E-state index in [1.807, 2.05) is 6.92 Å². The zero-order valence-electron chi connectivity index (χ0n) is 9.17. The van der Waals surface area contributed by atoms with E-state index in [1.165, 1.54) is 18.3 Å². The van der Waals surface area contributed by atoms with Gasteiger partial charge in [-0.2, -0.15) is 0 Å². The van der Waals surface area contributed by atoms with E-state index in [0.717, 1.165) is 19.3 Å². The van der Waals surface area contributed by atoms with Gasteiger partial charge < -0.3 is 4.74 Å². The molecule has 0 aliphatic heterocycles. The van der Waals surface area contributed by atoms with Crippen LogP contribution in [0.15, 0.2) is 23.3 Å². The zero-order valence-corrected chi connectivity index (χ0v) is 9.17. The summed E-state index contributed by atoms with van der Waals surface area (Å²) in [5.41, 5.74) is 2.68. The predicted molar refractivity (Wildman–Crippen MR) is 56.9 cm³/mol. The normalized spacial score (nSPS) is 28.1. The summed E-state index contributed by atoms with van der Waals surface area (Å²) in [5, 5.41) is 0. The lowest BCUT2D eigenvalue weighted by Gasteiger charge is -2.24. The number of carbonyl (C=O) groups is 1. The third kappa shape index (κ3) is 2.25. The van der Waals surface area contributed by atoms with Gasteiger partial charge in [-0.3, -0.25) is 4.79 Å². The van der Waals surface area contributed by atoms with E-state index >= 15 is 0 Å². The van der Waals surface area contributed by atoms with Crippen molar-refractivity contribution in [2.75, 3.05) is 7.11 Å². The predicted octanol–water partition coefficient (Wildman–Crippen LogP) is 2.85. The van der Waals surface area contributed by atoms with Crippen LogP contribution in [0.4, 0.5) is 0 Å². The van der Waals surface area contributed by atoms with Crippen LogP contribution in [-0.2, 0) is 9.53 Å². The van der Waals surface area contributed by atoms with Gasteiger partial charge >= 0.3 is 5.97 Å². The van der Waals surface area contributed by atoms with Crippen LogP contribution in [0.5, 0.6) is 0 Å². The molecule has 0 spiro atoms. The summed E-state index contributed by atoms with van der Waals surface area (Å²) < 4.78 is 4.77. The third-order valence-electron chi connectivity index (χ3n) is 2.87. The molecule has 0 aromatic heterocycles. The van der Waals surface area contributed by atoms with Crippen LogP contribution >= 0.6 is 0 Å². The molecule has 1 aliphatic rings. The molecule has 0 amide bonds.